The van der Waals surface area contributed by atoms with Crippen LogP contribution in [0.4, 0.5) is 5.82 Å². The smallest absolute Gasteiger partial charge is 0.254 e. The number of aryl methyl sites for hydroxylation is 1. The first-order valence-electron chi connectivity index (χ1n) is 6.50. The van der Waals surface area contributed by atoms with E-state index in [1.54, 1.807) is 6.07 Å². The van der Waals surface area contributed by atoms with Crippen LogP contribution >= 0.6 is 11.8 Å². The van der Waals surface area contributed by atoms with Gasteiger partial charge in [-0.2, -0.15) is 11.8 Å². The summed E-state index contributed by atoms with van der Waals surface area (Å²) < 4.78 is 0. The van der Waals surface area contributed by atoms with Crippen LogP contribution in [0.1, 0.15) is 29.4 Å². The van der Waals surface area contributed by atoms with E-state index in [0.29, 0.717) is 16.6 Å². The zero-order chi connectivity index (χ0) is 13.8. The van der Waals surface area contributed by atoms with Gasteiger partial charge in [-0.3, -0.25) is 4.79 Å². The molecule has 0 aromatic carbocycles. The number of amides is 1. The van der Waals surface area contributed by atoms with Crippen LogP contribution in [-0.2, 0) is 0 Å². The molecule has 1 aliphatic rings. The van der Waals surface area contributed by atoms with E-state index in [4.69, 9.17) is 5.84 Å². The Morgan fingerprint density at radius 3 is 3.11 bits per heavy atom. The van der Waals surface area contributed by atoms with Gasteiger partial charge in [0.1, 0.15) is 5.82 Å². The van der Waals surface area contributed by atoms with E-state index in [2.05, 4.69) is 17.3 Å². The van der Waals surface area contributed by atoms with Crippen LogP contribution < -0.4 is 11.3 Å². The molecule has 2 heterocycles. The topological polar surface area (TPSA) is 71.2 Å². The molecule has 1 fully saturated rings. The summed E-state index contributed by atoms with van der Waals surface area (Å²) >= 11 is 1.95. The number of thioether (sulfide) groups is 1. The highest BCUT2D eigenvalue weighted by atomic mass is 32.2. The molecule has 3 N–H and O–H groups in total. The van der Waals surface area contributed by atoms with Crippen LogP contribution in [0.5, 0.6) is 0 Å². The lowest BCUT2D eigenvalue weighted by molar-refractivity contribution is 0.0761. The van der Waals surface area contributed by atoms with Crippen molar-refractivity contribution in [3.05, 3.63) is 23.4 Å². The minimum absolute atomic E-state index is 0.0701. The monoisotopic (exact) mass is 280 g/mol. The fourth-order valence-corrected chi connectivity index (χ4v) is 3.38. The Bertz CT molecular complexity index is 466. The molecule has 0 bridgehead atoms. The van der Waals surface area contributed by atoms with Gasteiger partial charge in [-0.1, -0.05) is 6.92 Å². The Balaban J connectivity index is 2.16. The molecule has 0 aliphatic carbocycles. The maximum Gasteiger partial charge on any atom is 0.254 e. The normalized spacial score (nSPS) is 19.3. The molecule has 1 amide bonds. The number of rotatable bonds is 3. The van der Waals surface area contributed by atoms with Crippen molar-refractivity contribution in [2.24, 2.45) is 5.84 Å². The Morgan fingerprint density at radius 2 is 2.42 bits per heavy atom. The number of anilines is 1. The number of aromatic nitrogens is 1. The first kappa shape index (κ1) is 14.1. The highest BCUT2D eigenvalue weighted by molar-refractivity contribution is 8.00. The predicted molar refractivity (Wildman–Crippen MR) is 79.2 cm³/mol. The second kappa shape index (κ2) is 6.25. The van der Waals surface area contributed by atoms with E-state index >= 15 is 0 Å². The Kier molecular flexibility index (Phi) is 4.66. The van der Waals surface area contributed by atoms with Gasteiger partial charge in [-0.15, -0.1) is 0 Å². The Morgan fingerprint density at radius 1 is 1.63 bits per heavy atom. The summed E-state index contributed by atoms with van der Waals surface area (Å²) in [7, 11) is 0. The molecule has 0 radical (unpaired) electrons. The SMILES string of the molecule is CCC1CN(C(=O)c2cc(C)nc(NN)c2)CCS1. The third kappa shape index (κ3) is 3.39. The second-order valence-corrected chi connectivity index (χ2v) is 6.09. The molecule has 5 nitrogen and oxygen atoms in total. The van der Waals surface area contributed by atoms with Crippen molar-refractivity contribution >= 4 is 23.5 Å². The summed E-state index contributed by atoms with van der Waals surface area (Å²) in [4.78, 5) is 18.6. The molecular weight excluding hydrogens is 260 g/mol. The summed E-state index contributed by atoms with van der Waals surface area (Å²) in [6, 6.07) is 3.52. The zero-order valence-electron chi connectivity index (χ0n) is 11.3. The maximum absolute atomic E-state index is 12.5. The summed E-state index contributed by atoms with van der Waals surface area (Å²) in [5.41, 5.74) is 3.94. The van der Waals surface area contributed by atoms with Gasteiger partial charge >= 0.3 is 0 Å². The number of pyridine rings is 1. The highest BCUT2D eigenvalue weighted by Crippen LogP contribution is 2.23. The molecule has 1 unspecified atom stereocenters. The minimum atomic E-state index is 0.0701. The van der Waals surface area contributed by atoms with Crippen LogP contribution in [-0.4, -0.2) is 39.9 Å². The van der Waals surface area contributed by atoms with E-state index < -0.39 is 0 Å². The average molecular weight is 280 g/mol. The van der Waals surface area contributed by atoms with Gasteiger partial charge in [0.25, 0.3) is 5.91 Å². The first-order chi connectivity index (χ1) is 9.13. The second-order valence-electron chi connectivity index (χ2n) is 4.68. The van der Waals surface area contributed by atoms with Crippen molar-refractivity contribution in [2.75, 3.05) is 24.3 Å². The zero-order valence-corrected chi connectivity index (χ0v) is 12.2. The van der Waals surface area contributed by atoms with E-state index in [1.807, 2.05) is 29.7 Å². The number of nitrogens with zero attached hydrogens (tertiary/aromatic N) is 2. The quantitative estimate of drug-likeness (QED) is 0.650. The molecule has 0 spiro atoms. The summed E-state index contributed by atoms with van der Waals surface area (Å²) in [5, 5.41) is 0.549. The number of carbonyl (C=O) groups is 1. The van der Waals surface area contributed by atoms with Crippen molar-refractivity contribution in [3.8, 4) is 0 Å². The van der Waals surface area contributed by atoms with Crippen molar-refractivity contribution < 1.29 is 4.79 Å². The minimum Gasteiger partial charge on any atom is -0.337 e. The molecule has 6 heteroatoms. The van der Waals surface area contributed by atoms with Gasteiger partial charge in [0, 0.05) is 35.3 Å². The summed E-state index contributed by atoms with van der Waals surface area (Å²) in [6.45, 7) is 5.66. The molecule has 0 saturated carbocycles. The third-order valence-corrected chi connectivity index (χ3v) is 4.60. The first-order valence-corrected chi connectivity index (χ1v) is 7.55. The molecule has 1 saturated heterocycles. The standard InChI is InChI=1S/C13H20N4OS/c1-3-11-8-17(4-5-19-11)13(18)10-6-9(2)15-12(7-10)16-14/h6-7,11H,3-5,8,14H2,1-2H3,(H,15,16). The lowest BCUT2D eigenvalue weighted by Crippen LogP contribution is -2.41. The molecule has 1 atom stereocenters. The number of nitrogen functional groups attached to an aromatic ring is 1. The predicted octanol–water partition coefficient (Wildman–Crippen LogP) is 1.64. The highest BCUT2D eigenvalue weighted by Gasteiger charge is 2.24. The van der Waals surface area contributed by atoms with Crippen molar-refractivity contribution in [2.45, 2.75) is 25.5 Å². The molecule has 1 aromatic heterocycles. The van der Waals surface area contributed by atoms with E-state index in [1.165, 1.54) is 0 Å². The van der Waals surface area contributed by atoms with E-state index in [0.717, 1.165) is 31.0 Å². The number of carbonyl (C=O) groups excluding carboxylic acids is 1. The average Bonchev–Trinajstić information content (AvgIpc) is 2.45. The Labute approximate surface area is 117 Å². The van der Waals surface area contributed by atoms with Crippen LogP contribution in [0.15, 0.2) is 12.1 Å². The van der Waals surface area contributed by atoms with E-state index in [-0.39, 0.29) is 5.91 Å². The van der Waals surface area contributed by atoms with Crippen molar-refractivity contribution in [3.63, 3.8) is 0 Å². The van der Waals surface area contributed by atoms with Gasteiger partial charge in [0.2, 0.25) is 0 Å². The van der Waals surface area contributed by atoms with Gasteiger partial charge < -0.3 is 10.3 Å². The van der Waals surface area contributed by atoms with Crippen molar-refractivity contribution in [1.29, 1.82) is 0 Å². The van der Waals surface area contributed by atoms with Crippen LogP contribution in [0.25, 0.3) is 0 Å². The van der Waals surface area contributed by atoms with Crippen LogP contribution in [0.2, 0.25) is 0 Å². The molecule has 1 aromatic rings. The molecular formula is C13H20N4OS. The maximum atomic E-state index is 12.5. The van der Waals surface area contributed by atoms with Gasteiger partial charge in [-0.25, -0.2) is 10.8 Å². The lowest BCUT2D eigenvalue weighted by atomic mass is 10.2. The molecule has 1 aliphatic heterocycles. The van der Waals surface area contributed by atoms with E-state index in [9.17, 15) is 4.79 Å². The number of nitrogens with two attached hydrogens (primary N) is 1. The summed E-state index contributed by atoms with van der Waals surface area (Å²) in [6.07, 6.45) is 1.10. The number of hydrogen-bond donors (Lipinski definition) is 2. The fourth-order valence-electron chi connectivity index (χ4n) is 2.20. The van der Waals surface area contributed by atoms with Gasteiger partial charge in [0.15, 0.2) is 0 Å². The number of nitrogens with one attached hydrogen (secondary N) is 1. The van der Waals surface area contributed by atoms with Gasteiger partial charge in [0.05, 0.1) is 0 Å². The summed E-state index contributed by atoms with van der Waals surface area (Å²) in [5.74, 6) is 6.98. The molecule has 2 rings (SSSR count). The third-order valence-electron chi connectivity index (χ3n) is 3.23. The largest absolute Gasteiger partial charge is 0.337 e. The van der Waals surface area contributed by atoms with Gasteiger partial charge in [-0.05, 0) is 25.5 Å². The fraction of sp³-hybridized carbons (Fsp3) is 0.538. The van der Waals surface area contributed by atoms with Crippen molar-refractivity contribution in [1.82, 2.24) is 9.88 Å². The molecule has 19 heavy (non-hydrogen) atoms. The number of hydrogen-bond acceptors (Lipinski definition) is 5. The molecule has 104 valence electrons. The van der Waals surface area contributed by atoms with Crippen LogP contribution in [0, 0.1) is 6.92 Å². The number of hydrazine groups is 1. The lowest BCUT2D eigenvalue weighted by Gasteiger charge is -2.32. The van der Waals surface area contributed by atoms with Crippen LogP contribution in [0.3, 0.4) is 0 Å². The Hall–Kier alpha value is -1.27.